The number of halogens is 1. The number of rotatable bonds is 1. The summed E-state index contributed by atoms with van der Waals surface area (Å²) in [5.74, 6) is 2.17. The molecule has 3 aromatic heterocycles. The molecule has 1 atom stereocenters. The maximum atomic E-state index is 14.7. The molecule has 7 nitrogen and oxygen atoms in total. The Labute approximate surface area is 171 Å². The van der Waals surface area contributed by atoms with Gasteiger partial charge in [-0.1, -0.05) is 0 Å². The van der Waals surface area contributed by atoms with Gasteiger partial charge in [0.15, 0.2) is 5.65 Å². The third kappa shape index (κ3) is 2.46. The number of aromatic amines is 1. The predicted molar refractivity (Wildman–Crippen MR) is 108 cm³/mol. The molecular weight excluding hydrogens is 385 g/mol. The molecule has 0 radical (unpaired) electrons. The summed E-state index contributed by atoms with van der Waals surface area (Å²) in [7, 11) is 0. The maximum absolute atomic E-state index is 14.7. The third-order valence-electron chi connectivity index (χ3n) is 6.06. The minimum atomic E-state index is -0.188. The topological polar surface area (TPSA) is 77.3 Å². The summed E-state index contributed by atoms with van der Waals surface area (Å²) in [6.45, 7) is 4.83. The Hall–Kier alpha value is -3.42. The fourth-order valence-electron chi connectivity index (χ4n) is 4.71. The Morgan fingerprint density at radius 1 is 1.13 bits per heavy atom. The summed E-state index contributed by atoms with van der Waals surface area (Å²) in [6, 6.07) is 5.21. The second-order valence-corrected chi connectivity index (χ2v) is 7.95. The number of benzene rings is 1. The van der Waals surface area contributed by atoms with Crippen LogP contribution in [0.4, 0.5) is 4.39 Å². The van der Waals surface area contributed by atoms with Crippen LogP contribution in [0.3, 0.4) is 0 Å². The Morgan fingerprint density at radius 3 is 2.77 bits per heavy atom. The molecule has 6 rings (SSSR count). The molecule has 1 N–H and O–H groups in total. The van der Waals surface area contributed by atoms with Crippen LogP contribution in [0.2, 0.25) is 0 Å². The average Bonchev–Trinajstić information content (AvgIpc) is 3.44. The maximum Gasteiger partial charge on any atom is 0.170 e. The van der Waals surface area contributed by atoms with Crippen molar-refractivity contribution in [2.75, 3.05) is 13.2 Å². The van der Waals surface area contributed by atoms with Crippen LogP contribution in [0, 0.1) is 19.7 Å². The van der Waals surface area contributed by atoms with E-state index in [2.05, 4.69) is 20.2 Å². The summed E-state index contributed by atoms with van der Waals surface area (Å²) in [6.07, 6.45) is 2.84. The van der Waals surface area contributed by atoms with Crippen LogP contribution in [-0.2, 0) is 12.8 Å². The highest BCUT2D eigenvalue weighted by atomic mass is 19.1. The van der Waals surface area contributed by atoms with Gasteiger partial charge >= 0.3 is 0 Å². The molecule has 2 aliphatic rings. The number of nitrogens with zero attached hydrogens (tertiary/aromatic N) is 4. The van der Waals surface area contributed by atoms with Crippen molar-refractivity contribution >= 4 is 5.65 Å². The number of pyridine rings is 1. The van der Waals surface area contributed by atoms with Crippen molar-refractivity contribution in [3.8, 4) is 22.8 Å². The van der Waals surface area contributed by atoms with Crippen molar-refractivity contribution in [2.24, 2.45) is 0 Å². The van der Waals surface area contributed by atoms with Gasteiger partial charge in [-0.25, -0.2) is 9.37 Å². The van der Waals surface area contributed by atoms with Crippen molar-refractivity contribution in [2.45, 2.75) is 32.6 Å². The lowest BCUT2D eigenvalue weighted by atomic mass is 9.93. The molecule has 0 unspecified atom stereocenters. The van der Waals surface area contributed by atoms with Gasteiger partial charge in [0.2, 0.25) is 0 Å². The van der Waals surface area contributed by atoms with Crippen LogP contribution in [-0.4, -0.2) is 37.8 Å². The van der Waals surface area contributed by atoms with Gasteiger partial charge in [0.1, 0.15) is 29.5 Å². The Balaban J connectivity index is 1.53. The van der Waals surface area contributed by atoms with Gasteiger partial charge in [0, 0.05) is 11.3 Å². The fraction of sp³-hybridized carbons (Fsp3) is 0.318. The first kappa shape index (κ1) is 17.4. The predicted octanol–water partition coefficient (Wildman–Crippen LogP) is 3.53. The van der Waals surface area contributed by atoms with Gasteiger partial charge in [-0.05, 0) is 50.5 Å². The number of nitrogens with one attached hydrogen (secondary N) is 1. The number of imidazole rings is 1. The zero-order valence-corrected chi connectivity index (χ0v) is 16.7. The van der Waals surface area contributed by atoms with E-state index in [0.717, 1.165) is 51.1 Å². The second-order valence-electron chi connectivity index (χ2n) is 7.95. The molecule has 30 heavy (non-hydrogen) atoms. The minimum absolute atomic E-state index is 0.00562. The fourth-order valence-corrected chi connectivity index (χ4v) is 4.71. The van der Waals surface area contributed by atoms with Crippen molar-refractivity contribution in [3.05, 3.63) is 58.7 Å². The van der Waals surface area contributed by atoms with E-state index in [1.54, 1.807) is 12.4 Å². The highest BCUT2D eigenvalue weighted by molar-refractivity contribution is 5.78. The van der Waals surface area contributed by atoms with E-state index in [9.17, 15) is 4.39 Å². The van der Waals surface area contributed by atoms with Gasteiger partial charge in [0.05, 0.1) is 36.1 Å². The summed E-state index contributed by atoms with van der Waals surface area (Å²) < 4.78 is 28.8. The van der Waals surface area contributed by atoms with Crippen molar-refractivity contribution in [1.29, 1.82) is 0 Å². The number of aryl methyl sites for hydroxylation is 3. The first-order valence-electron chi connectivity index (χ1n) is 10.1. The molecule has 0 amide bonds. The van der Waals surface area contributed by atoms with E-state index in [1.807, 2.05) is 24.3 Å². The lowest BCUT2D eigenvalue weighted by molar-refractivity contribution is 0.246. The summed E-state index contributed by atoms with van der Waals surface area (Å²) in [5.41, 5.74) is 5.97. The average molecular weight is 405 g/mol. The van der Waals surface area contributed by atoms with Gasteiger partial charge in [0.25, 0.3) is 0 Å². The summed E-state index contributed by atoms with van der Waals surface area (Å²) >= 11 is 0. The number of hydrogen-bond acceptors (Lipinski definition) is 5. The standard InChI is InChI=1S/C22H20FN5O2/c1-11-21(26-12(2)25-11)15-7-19-17(28-10-24-27-22(15)28)5-3-14-16(23)4-6-18-20(14)13(8-29-18)9-30-19/h4,6-7,10,13H,3,5,8-9H2,1-2H3,(H,25,26)/t13-/m1/s1. The van der Waals surface area contributed by atoms with E-state index in [1.165, 1.54) is 6.07 Å². The Kier molecular flexibility index (Phi) is 3.65. The van der Waals surface area contributed by atoms with Gasteiger partial charge in [-0.3, -0.25) is 4.40 Å². The van der Waals surface area contributed by atoms with Crippen LogP contribution in [0.5, 0.6) is 11.5 Å². The molecule has 0 spiro atoms. The molecule has 0 saturated heterocycles. The minimum Gasteiger partial charge on any atom is -0.493 e. The Morgan fingerprint density at radius 2 is 1.97 bits per heavy atom. The van der Waals surface area contributed by atoms with E-state index in [0.29, 0.717) is 31.7 Å². The number of ether oxygens (including phenoxy) is 2. The monoisotopic (exact) mass is 405 g/mol. The van der Waals surface area contributed by atoms with Gasteiger partial charge in [-0.15, -0.1) is 10.2 Å². The zero-order chi connectivity index (χ0) is 20.4. The smallest absolute Gasteiger partial charge is 0.170 e. The SMILES string of the molecule is Cc1nc(-c2cc3c(n4cnnc24)CCc2c(F)ccc4c2[C@H](CO4)CO3)c(C)[nH]1. The number of aromatic nitrogens is 5. The first-order chi connectivity index (χ1) is 14.6. The van der Waals surface area contributed by atoms with Crippen LogP contribution in [0.1, 0.15) is 34.3 Å². The van der Waals surface area contributed by atoms with E-state index >= 15 is 0 Å². The number of fused-ring (bicyclic) bond motifs is 3. The largest absolute Gasteiger partial charge is 0.493 e. The molecule has 0 fully saturated rings. The number of H-pyrrole nitrogens is 1. The van der Waals surface area contributed by atoms with E-state index < -0.39 is 0 Å². The second kappa shape index (κ2) is 6.29. The zero-order valence-electron chi connectivity index (χ0n) is 16.7. The van der Waals surface area contributed by atoms with E-state index in [4.69, 9.17) is 9.47 Å². The molecule has 8 heteroatoms. The normalized spacial score (nSPS) is 17.5. The van der Waals surface area contributed by atoms with E-state index in [-0.39, 0.29) is 11.7 Å². The molecule has 0 saturated carbocycles. The Bertz CT molecular complexity index is 1310. The first-order valence-corrected chi connectivity index (χ1v) is 10.1. The summed E-state index contributed by atoms with van der Waals surface area (Å²) in [5, 5.41) is 8.48. The quantitative estimate of drug-likeness (QED) is 0.524. The molecule has 0 bridgehead atoms. The lowest BCUT2D eigenvalue weighted by Crippen LogP contribution is -2.13. The molecule has 4 aromatic rings. The van der Waals surface area contributed by atoms with Gasteiger partial charge < -0.3 is 14.5 Å². The van der Waals surface area contributed by atoms with Crippen molar-refractivity contribution in [3.63, 3.8) is 0 Å². The van der Waals surface area contributed by atoms with Crippen molar-refractivity contribution < 1.29 is 13.9 Å². The molecule has 5 heterocycles. The third-order valence-corrected chi connectivity index (χ3v) is 6.06. The van der Waals surface area contributed by atoms with Gasteiger partial charge in [-0.2, -0.15) is 0 Å². The number of hydrogen-bond donors (Lipinski definition) is 1. The van der Waals surface area contributed by atoms with Crippen LogP contribution in [0.25, 0.3) is 16.9 Å². The van der Waals surface area contributed by atoms with Crippen LogP contribution >= 0.6 is 0 Å². The molecule has 0 aliphatic carbocycles. The highest BCUT2D eigenvalue weighted by Crippen LogP contribution is 2.41. The van der Waals surface area contributed by atoms with Crippen molar-refractivity contribution in [1.82, 2.24) is 24.6 Å². The molecule has 2 aliphatic heterocycles. The lowest BCUT2D eigenvalue weighted by Gasteiger charge is -2.15. The summed E-state index contributed by atoms with van der Waals surface area (Å²) in [4.78, 5) is 7.89. The van der Waals surface area contributed by atoms with Crippen LogP contribution < -0.4 is 9.47 Å². The molecular formula is C22H20FN5O2. The highest BCUT2D eigenvalue weighted by Gasteiger charge is 2.31. The molecule has 1 aromatic carbocycles. The van der Waals surface area contributed by atoms with Crippen LogP contribution in [0.15, 0.2) is 24.5 Å². The molecule has 152 valence electrons.